The molecule has 0 bridgehead atoms. The molecular weight excluding hydrogens is 242 g/mol. The van der Waals surface area contributed by atoms with Gasteiger partial charge < -0.3 is 10.4 Å². The third-order valence-electron chi connectivity index (χ3n) is 2.07. The lowest BCUT2D eigenvalue weighted by Crippen LogP contribution is -2.40. The molecule has 19 heavy (non-hydrogen) atoms. The fourth-order valence-electron chi connectivity index (χ4n) is 1.30. The van der Waals surface area contributed by atoms with Gasteiger partial charge in [0.25, 0.3) is 0 Å². The highest BCUT2D eigenvalue weighted by atomic mass is 16.4. The zero-order chi connectivity index (χ0) is 15.3. The van der Waals surface area contributed by atoms with Crippen molar-refractivity contribution in [2.45, 2.75) is 47.1 Å². The summed E-state index contributed by atoms with van der Waals surface area (Å²) < 4.78 is 0. The molecule has 1 aromatic rings. The smallest absolute Gasteiger partial charge is 0.405 e. The molecule has 1 amide bonds. The van der Waals surface area contributed by atoms with E-state index in [0.29, 0.717) is 6.42 Å². The summed E-state index contributed by atoms with van der Waals surface area (Å²) in [6.45, 7) is 9.38. The van der Waals surface area contributed by atoms with Crippen LogP contribution in [0.2, 0.25) is 0 Å². The van der Waals surface area contributed by atoms with E-state index in [9.17, 15) is 9.59 Å². The Bertz CT molecular complexity index is 350. The lowest BCUT2D eigenvalue weighted by Gasteiger charge is -2.13. The Hall–Kier alpha value is -1.84. The number of ketones is 1. The normalized spacial score (nSPS) is 9.95. The maximum absolute atomic E-state index is 11.2. The van der Waals surface area contributed by atoms with Crippen LogP contribution in [0.15, 0.2) is 30.3 Å². The van der Waals surface area contributed by atoms with Gasteiger partial charge in [-0.15, -0.1) is 0 Å². The number of carboxylic acid groups (broad SMARTS) is 1. The molecule has 4 heteroatoms. The van der Waals surface area contributed by atoms with Crippen LogP contribution in [-0.2, 0) is 11.2 Å². The zero-order valence-electron chi connectivity index (χ0n) is 12.4. The van der Waals surface area contributed by atoms with Crippen molar-refractivity contribution >= 4 is 11.9 Å². The van der Waals surface area contributed by atoms with E-state index in [0.717, 1.165) is 5.56 Å². The van der Waals surface area contributed by atoms with Gasteiger partial charge >= 0.3 is 6.09 Å². The van der Waals surface area contributed by atoms with E-state index < -0.39 is 12.1 Å². The number of nitrogens with one attached hydrogen (secondary N) is 1. The molecule has 0 aliphatic rings. The van der Waals surface area contributed by atoms with E-state index in [4.69, 9.17) is 5.11 Å². The summed E-state index contributed by atoms with van der Waals surface area (Å²) in [5, 5.41) is 10.7. The van der Waals surface area contributed by atoms with Crippen molar-refractivity contribution in [1.82, 2.24) is 5.32 Å². The van der Waals surface area contributed by atoms with Crippen LogP contribution in [-0.4, -0.2) is 23.0 Å². The zero-order valence-corrected chi connectivity index (χ0v) is 12.4. The molecule has 0 saturated carbocycles. The maximum Gasteiger partial charge on any atom is 0.405 e. The van der Waals surface area contributed by atoms with E-state index in [2.05, 4.69) is 5.32 Å². The summed E-state index contributed by atoms with van der Waals surface area (Å²) >= 11 is 0. The monoisotopic (exact) mass is 267 g/mol. The maximum atomic E-state index is 11.2. The van der Waals surface area contributed by atoms with Gasteiger partial charge in [0.2, 0.25) is 0 Å². The van der Waals surface area contributed by atoms with Crippen LogP contribution < -0.4 is 5.32 Å². The van der Waals surface area contributed by atoms with Crippen LogP contribution >= 0.6 is 0 Å². The minimum Gasteiger partial charge on any atom is -0.465 e. The first kappa shape index (κ1) is 19.5. The number of rotatable bonds is 4. The first-order valence-electron chi connectivity index (χ1n) is 6.63. The Kier molecular flexibility index (Phi) is 12.9. The molecular formula is C15H25NO3. The molecule has 0 saturated heterocycles. The van der Waals surface area contributed by atoms with Gasteiger partial charge in [0.1, 0.15) is 0 Å². The summed E-state index contributed by atoms with van der Waals surface area (Å²) in [7, 11) is 0. The first-order chi connectivity index (χ1) is 9.09. The molecule has 1 aromatic carbocycles. The van der Waals surface area contributed by atoms with Gasteiger partial charge in [-0.05, 0) is 18.9 Å². The Morgan fingerprint density at radius 1 is 1.11 bits per heavy atom. The highest BCUT2D eigenvalue weighted by Crippen LogP contribution is 2.03. The molecule has 0 radical (unpaired) electrons. The number of amides is 1. The van der Waals surface area contributed by atoms with E-state index in [1.54, 1.807) is 0 Å². The van der Waals surface area contributed by atoms with E-state index in [-0.39, 0.29) is 5.78 Å². The fraction of sp³-hybridized carbons (Fsp3) is 0.467. The van der Waals surface area contributed by atoms with Gasteiger partial charge in [0.05, 0.1) is 6.04 Å². The van der Waals surface area contributed by atoms with E-state index in [1.807, 2.05) is 58.0 Å². The molecule has 0 aliphatic carbocycles. The second-order valence-corrected chi connectivity index (χ2v) is 3.30. The molecule has 0 fully saturated rings. The lowest BCUT2D eigenvalue weighted by molar-refractivity contribution is -0.118. The average Bonchev–Trinajstić information content (AvgIpc) is 2.43. The van der Waals surface area contributed by atoms with Crippen molar-refractivity contribution in [3.8, 4) is 0 Å². The minimum absolute atomic E-state index is 0.179. The number of hydrogen-bond donors (Lipinski definition) is 2. The highest BCUT2D eigenvalue weighted by Gasteiger charge is 2.16. The van der Waals surface area contributed by atoms with Crippen molar-refractivity contribution in [2.24, 2.45) is 0 Å². The molecule has 0 aliphatic heterocycles. The molecule has 1 atom stereocenters. The number of Topliss-reactive ketones (excluding diaryl/α,β-unsaturated/α-hetero) is 1. The van der Waals surface area contributed by atoms with Crippen molar-refractivity contribution in [3.63, 3.8) is 0 Å². The van der Waals surface area contributed by atoms with E-state index in [1.165, 1.54) is 6.92 Å². The molecule has 2 N–H and O–H groups in total. The predicted octanol–water partition coefficient (Wildman–Crippen LogP) is 3.51. The average molecular weight is 267 g/mol. The SMILES string of the molecule is CC.CC.CC(=O)C(Cc1ccccc1)NC(=O)O. The van der Waals surface area contributed by atoms with Crippen molar-refractivity contribution in [2.75, 3.05) is 0 Å². The Morgan fingerprint density at radius 2 is 1.58 bits per heavy atom. The third kappa shape index (κ3) is 9.83. The molecule has 4 nitrogen and oxygen atoms in total. The largest absolute Gasteiger partial charge is 0.465 e. The first-order valence-corrected chi connectivity index (χ1v) is 6.63. The Labute approximate surface area is 115 Å². The number of carbonyl (C=O) groups is 2. The van der Waals surface area contributed by atoms with Gasteiger partial charge in [-0.3, -0.25) is 4.79 Å². The summed E-state index contributed by atoms with van der Waals surface area (Å²) in [6, 6.07) is 8.64. The predicted molar refractivity (Wildman–Crippen MR) is 78.5 cm³/mol. The van der Waals surface area contributed by atoms with Crippen molar-refractivity contribution < 1.29 is 14.7 Å². The van der Waals surface area contributed by atoms with E-state index >= 15 is 0 Å². The van der Waals surface area contributed by atoms with Crippen LogP contribution in [0.3, 0.4) is 0 Å². The summed E-state index contributed by atoms with van der Waals surface area (Å²) in [4.78, 5) is 21.6. The second-order valence-electron chi connectivity index (χ2n) is 3.30. The van der Waals surface area contributed by atoms with Crippen LogP contribution in [0.4, 0.5) is 4.79 Å². The Morgan fingerprint density at radius 3 is 1.95 bits per heavy atom. The second kappa shape index (κ2) is 12.6. The summed E-state index contributed by atoms with van der Waals surface area (Å²) in [6.07, 6.45) is -0.784. The van der Waals surface area contributed by atoms with Gasteiger partial charge in [0.15, 0.2) is 5.78 Å². The molecule has 0 spiro atoms. The molecule has 1 rings (SSSR count). The lowest BCUT2D eigenvalue weighted by atomic mass is 10.0. The summed E-state index contributed by atoms with van der Waals surface area (Å²) in [5.74, 6) is -0.179. The molecule has 0 heterocycles. The van der Waals surface area contributed by atoms with Gasteiger partial charge in [-0.25, -0.2) is 4.79 Å². The van der Waals surface area contributed by atoms with Gasteiger partial charge in [0, 0.05) is 0 Å². The minimum atomic E-state index is -1.17. The fourth-order valence-corrected chi connectivity index (χ4v) is 1.30. The van der Waals surface area contributed by atoms with Crippen LogP contribution in [0, 0.1) is 0 Å². The highest BCUT2D eigenvalue weighted by molar-refractivity contribution is 5.85. The quantitative estimate of drug-likeness (QED) is 0.877. The number of benzene rings is 1. The Balaban J connectivity index is 0. The molecule has 108 valence electrons. The van der Waals surface area contributed by atoms with Gasteiger partial charge in [-0.2, -0.15) is 0 Å². The van der Waals surface area contributed by atoms with Crippen LogP contribution in [0.1, 0.15) is 40.2 Å². The molecule has 0 aromatic heterocycles. The third-order valence-corrected chi connectivity index (χ3v) is 2.07. The molecule has 1 unspecified atom stereocenters. The standard InChI is InChI=1S/C11H13NO3.2C2H6/c1-8(13)10(12-11(14)15)7-9-5-3-2-4-6-9;2*1-2/h2-6,10,12H,7H2,1H3,(H,14,15);2*1-2H3. The van der Waals surface area contributed by atoms with Gasteiger partial charge in [-0.1, -0.05) is 58.0 Å². The summed E-state index contributed by atoms with van der Waals surface area (Å²) in [5.41, 5.74) is 0.937. The number of hydrogen-bond acceptors (Lipinski definition) is 2. The van der Waals surface area contributed by atoms with Crippen molar-refractivity contribution in [3.05, 3.63) is 35.9 Å². The van der Waals surface area contributed by atoms with Crippen LogP contribution in [0.25, 0.3) is 0 Å². The van der Waals surface area contributed by atoms with Crippen molar-refractivity contribution in [1.29, 1.82) is 0 Å². The number of carbonyl (C=O) groups excluding carboxylic acids is 1. The topological polar surface area (TPSA) is 66.4 Å². The van der Waals surface area contributed by atoms with Crippen LogP contribution in [0.5, 0.6) is 0 Å².